The Morgan fingerprint density at radius 1 is 1.12 bits per heavy atom. The molecule has 6 nitrogen and oxygen atoms in total. The zero-order valence-electron chi connectivity index (χ0n) is 18.2. The predicted molar refractivity (Wildman–Crippen MR) is 121 cm³/mol. The van der Waals surface area contributed by atoms with E-state index in [2.05, 4.69) is 48.0 Å². The van der Waals surface area contributed by atoms with Crippen molar-refractivity contribution < 1.29 is 19.1 Å². The minimum Gasteiger partial charge on any atom is -0.460 e. The fourth-order valence-electron chi connectivity index (χ4n) is 8.48. The number of benzene rings is 1. The van der Waals surface area contributed by atoms with Crippen LogP contribution in [-0.2, 0) is 24.5 Å². The van der Waals surface area contributed by atoms with Gasteiger partial charge in [0.1, 0.15) is 17.9 Å². The van der Waals surface area contributed by atoms with Gasteiger partial charge in [-0.3, -0.25) is 14.5 Å². The average Bonchev–Trinajstić information content (AvgIpc) is 3.21. The van der Waals surface area contributed by atoms with Crippen LogP contribution >= 0.6 is 23.2 Å². The Morgan fingerprint density at radius 2 is 1.84 bits per heavy atom. The monoisotopic (exact) mass is 478 g/mol. The smallest absolute Gasteiger partial charge is 0.322 e. The van der Waals surface area contributed by atoms with E-state index in [9.17, 15) is 9.59 Å². The van der Waals surface area contributed by atoms with E-state index in [1.807, 2.05) is 0 Å². The second-order valence-electron chi connectivity index (χ2n) is 10.0. The van der Waals surface area contributed by atoms with Crippen molar-refractivity contribution in [1.82, 2.24) is 4.90 Å². The lowest BCUT2D eigenvalue weighted by molar-refractivity contribution is -0.228. The summed E-state index contributed by atoms with van der Waals surface area (Å²) in [5.41, 5.74) is 2.22. The molecule has 1 aromatic rings. The number of esters is 2. The third kappa shape index (κ3) is 2.41. The number of rotatable bonds is 5. The first kappa shape index (κ1) is 21.1. The van der Waals surface area contributed by atoms with Gasteiger partial charge in [0.25, 0.3) is 0 Å². The number of alkyl halides is 2. The second-order valence-corrected chi connectivity index (χ2v) is 10.5. The molecule has 0 aromatic heterocycles. The topological polar surface area (TPSA) is 59.1 Å². The van der Waals surface area contributed by atoms with Crippen molar-refractivity contribution in [2.24, 2.45) is 17.8 Å². The lowest BCUT2D eigenvalue weighted by Crippen LogP contribution is -2.73. The first-order valence-corrected chi connectivity index (χ1v) is 12.7. The van der Waals surface area contributed by atoms with Crippen molar-refractivity contribution in [3.63, 3.8) is 0 Å². The van der Waals surface area contributed by atoms with Gasteiger partial charge in [-0.2, -0.15) is 0 Å². The van der Waals surface area contributed by atoms with Crippen molar-refractivity contribution in [2.45, 2.75) is 62.1 Å². The van der Waals surface area contributed by atoms with Gasteiger partial charge in [0.15, 0.2) is 6.23 Å². The maximum Gasteiger partial charge on any atom is 0.322 e. The molecule has 0 amide bonds. The van der Waals surface area contributed by atoms with Crippen molar-refractivity contribution in [3.05, 3.63) is 29.8 Å². The fraction of sp³-hybridized carbons (Fsp3) is 0.667. The summed E-state index contributed by atoms with van der Waals surface area (Å²) < 4.78 is 12.2. The average molecular weight is 479 g/mol. The molecular weight excluding hydrogens is 451 g/mol. The molecular formula is C24H28Cl2N2O4. The SMILES string of the molecule is CC[C@H]1C2C[C@H]3[C@@H]4N(C)c5ccccc5C45CC(C2[C@H]5OC(=O)CCl)N3[C@@H]1OC(=O)CCl. The van der Waals surface area contributed by atoms with E-state index < -0.39 is 0 Å². The van der Waals surface area contributed by atoms with Crippen LogP contribution in [0.4, 0.5) is 5.69 Å². The molecule has 5 fully saturated rings. The Bertz CT molecular complexity index is 975. The predicted octanol–water partition coefficient (Wildman–Crippen LogP) is 3.13. The molecule has 5 heterocycles. The van der Waals surface area contributed by atoms with Crippen LogP contribution in [0.3, 0.4) is 0 Å². The maximum absolute atomic E-state index is 12.6. The van der Waals surface area contributed by atoms with Gasteiger partial charge in [0.2, 0.25) is 0 Å². The molecule has 172 valence electrons. The third-order valence-corrected chi connectivity index (χ3v) is 9.56. The molecule has 1 spiro atoms. The molecule has 6 aliphatic rings. The second kappa shape index (κ2) is 7.25. The first-order chi connectivity index (χ1) is 15.5. The number of anilines is 1. The molecule has 10 atom stereocenters. The first-order valence-electron chi connectivity index (χ1n) is 11.6. The standard InChI is InChI=1S/C24H28Cl2N2O4/c1-3-12-13-8-16-21-24(14-6-4-5-7-15(14)27(21)2)9-17(20(13)22(24)31-18(29)10-25)28(16)23(12)32-19(30)11-26/h4-7,12-13,16-17,20-23H,3,8-11H2,1-2H3/t12-,13?,16-,17?,20?,21-,22+,23+,24?/m0/s1. The number of hydrogen-bond acceptors (Lipinski definition) is 6. The van der Waals surface area contributed by atoms with Crippen LogP contribution < -0.4 is 4.90 Å². The largest absolute Gasteiger partial charge is 0.460 e. The van der Waals surface area contributed by atoms with Crippen LogP contribution in [-0.4, -0.2) is 66.1 Å². The fourth-order valence-corrected chi connectivity index (χ4v) is 8.61. The zero-order valence-corrected chi connectivity index (χ0v) is 19.8. The van der Waals surface area contributed by atoms with E-state index in [1.54, 1.807) is 0 Å². The summed E-state index contributed by atoms with van der Waals surface area (Å²) in [6.07, 6.45) is 2.32. The highest BCUT2D eigenvalue weighted by Gasteiger charge is 2.78. The molecule has 5 bridgehead atoms. The summed E-state index contributed by atoms with van der Waals surface area (Å²) in [7, 11) is 2.15. The zero-order chi connectivity index (χ0) is 22.4. The Morgan fingerprint density at radius 3 is 2.56 bits per heavy atom. The van der Waals surface area contributed by atoms with Crippen LogP contribution in [0.15, 0.2) is 24.3 Å². The van der Waals surface area contributed by atoms with Crippen LogP contribution in [0.25, 0.3) is 0 Å². The molecule has 1 saturated carbocycles. The van der Waals surface area contributed by atoms with E-state index in [-0.39, 0.29) is 71.4 Å². The van der Waals surface area contributed by atoms with E-state index in [0.29, 0.717) is 5.92 Å². The summed E-state index contributed by atoms with van der Waals surface area (Å²) in [4.78, 5) is 29.7. The van der Waals surface area contributed by atoms with Crippen molar-refractivity contribution >= 4 is 40.8 Å². The van der Waals surface area contributed by atoms with Gasteiger partial charge in [-0.05, 0) is 36.8 Å². The lowest BCUT2D eigenvalue weighted by atomic mass is 9.62. The summed E-state index contributed by atoms with van der Waals surface area (Å²) in [5.74, 6) is -0.263. The molecule has 32 heavy (non-hydrogen) atoms. The highest BCUT2D eigenvalue weighted by molar-refractivity contribution is 6.26. The van der Waals surface area contributed by atoms with Crippen LogP contribution in [0.1, 0.15) is 31.7 Å². The van der Waals surface area contributed by atoms with Crippen molar-refractivity contribution in [2.75, 3.05) is 23.7 Å². The summed E-state index contributed by atoms with van der Waals surface area (Å²) >= 11 is 11.7. The number of fused-ring (bicyclic) bond motifs is 2. The Balaban J connectivity index is 1.52. The number of ether oxygens (including phenoxy) is 2. The summed E-state index contributed by atoms with van der Waals surface area (Å²) in [6, 6.07) is 9.11. The molecule has 1 aliphatic carbocycles. The normalized spacial score (nSPS) is 44.4. The quantitative estimate of drug-likeness (QED) is 0.478. The minimum atomic E-state index is -0.365. The molecule has 0 radical (unpaired) electrons. The van der Waals surface area contributed by atoms with E-state index >= 15 is 0 Å². The summed E-state index contributed by atoms with van der Waals surface area (Å²) in [5, 5.41) is 0. The third-order valence-electron chi connectivity index (χ3n) is 9.13. The van der Waals surface area contributed by atoms with Gasteiger partial charge in [0, 0.05) is 36.7 Å². The highest BCUT2D eigenvalue weighted by atomic mass is 35.5. The number of halogens is 2. The maximum atomic E-state index is 12.6. The highest BCUT2D eigenvalue weighted by Crippen LogP contribution is 2.70. The van der Waals surface area contributed by atoms with Crippen LogP contribution in [0.2, 0.25) is 0 Å². The van der Waals surface area contributed by atoms with E-state index in [0.717, 1.165) is 19.3 Å². The number of likely N-dealkylation sites (N-methyl/N-ethyl adjacent to an activating group) is 1. The molecule has 5 aliphatic heterocycles. The number of para-hydroxylation sites is 1. The Hall–Kier alpha value is -1.50. The Labute approximate surface area is 198 Å². The van der Waals surface area contributed by atoms with Crippen molar-refractivity contribution in [3.8, 4) is 0 Å². The van der Waals surface area contributed by atoms with Gasteiger partial charge >= 0.3 is 11.9 Å². The number of carbonyl (C=O) groups is 2. The summed E-state index contributed by atoms with van der Waals surface area (Å²) in [6.45, 7) is 2.16. The molecule has 1 aromatic carbocycles. The molecule has 4 saturated heterocycles. The molecule has 0 N–H and O–H groups in total. The van der Waals surface area contributed by atoms with Crippen LogP contribution in [0, 0.1) is 17.8 Å². The van der Waals surface area contributed by atoms with Gasteiger partial charge in [-0.25, -0.2) is 0 Å². The van der Waals surface area contributed by atoms with E-state index in [1.165, 1.54) is 11.3 Å². The Kier molecular flexibility index (Phi) is 4.77. The van der Waals surface area contributed by atoms with Gasteiger partial charge < -0.3 is 14.4 Å². The lowest BCUT2D eigenvalue weighted by Gasteiger charge is -2.62. The van der Waals surface area contributed by atoms with Crippen molar-refractivity contribution in [1.29, 1.82) is 0 Å². The van der Waals surface area contributed by atoms with Gasteiger partial charge in [-0.15, -0.1) is 23.2 Å². The number of piperidine rings is 4. The van der Waals surface area contributed by atoms with Gasteiger partial charge in [-0.1, -0.05) is 25.1 Å². The number of nitrogens with zero attached hydrogens (tertiary/aromatic N) is 2. The van der Waals surface area contributed by atoms with E-state index in [4.69, 9.17) is 32.7 Å². The van der Waals surface area contributed by atoms with Crippen LogP contribution in [0.5, 0.6) is 0 Å². The molecule has 7 rings (SSSR count). The molecule has 8 heteroatoms. The molecule has 5 unspecified atom stereocenters. The minimum absolute atomic E-state index is 0.140. The number of hydrogen-bond donors (Lipinski definition) is 0. The van der Waals surface area contributed by atoms with Gasteiger partial charge in [0.05, 0.1) is 11.5 Å². The number of carbonyl (C=O) groups excluding carboxylic acids is 2.